The summed E-state index contributed by atoms with van der Waals surface area (Å²) in [5, 5.41) is 9.07. The lowest BCUT2D eigenvalue weighted by molar-refractivity contribution is 0.101. The number of carbonyl (C=O) groups excluding carboxylic acids is 1. The Bertz CT molecular complexity index is 336. The first kappa shape index (κ1) is 8.52. The zero-order valence-electron chi connectivity index (χ0n) is 6.47. The van der Waals surface area contributed by atoms with Crippen LogP contribution in [0.4, 0.5) is 10.1 Å². The van der Waals surface area contributed by atoms with Crippen LogP contribution in [0.25, 0.3) is 0 Å². The lowest BCUT2D eigenvalue weighted by atomic mass is 10.1. The van der Waals surface area contributed by atoms with E-state index in [0.29, 0.717) is 0 Å². The van der Waals surface area contributed by atoms with Crippen LogP contribution in [0.3, 0.4) is 0 Å². The predicted molar refractivity (Wildman–Crippen MR) is 42.5 cm³/mol. The number of nitrogen functional groups attached to an aromatic ring is 1. The van der Waals surface area contributed by atoms with Gasteiger partial charge in [-0.2, -0.15) is 0 Å². The number of aromatic hydroxyl groups is 1. The minimum atomic E-state index is -0.725. The van der Waals surface area contributed by atoms with Crippen LogP contribution in [0.15, 0.2) is 12.1 Å². The standard InChI is InChI=1S/C8H8FNO2/c1-4(11)5-2-7(10)6(9)3-8(5)12/h2-3,12H,10H2,1H3. The minimum absolute atomic E-state index is 0.0360. The van der Waals surface area contributed by atoms with Crippen molar-refractivity contribution in [2.24, 2.45) is 0 Å². The average molecular weight is 169 g/mol. The molecule has 0 atom stereocenters. The van der Waals surface area contributed by atoms with E-state index in [4.69, 9.17) is 10.8 Å². The second kappa shape index (κ2) is 2.81. The van der Waals surface area contributed by atoms with E-state index in [2.05, 4.69) is 0 Å². The molecule has 3 nitrogen and oxygen atoms in total. The maximum Gasteiger partial charge on any atom is 0.163 e. The van der Waals surface area contributed by atoms with Gasteiger partial charge in [0, 0.05) is 6.07 Å². The van der Waals surface area contributed by atoms with Crippen molar-refractivity contribution in [2.45, 2.75) is 6.92 Å². The van der Waals surface area contributed by atoms with Gasteiger partial charge in [0.1, 0.15) is 11.6 Å². The monoisotopic (exact) mass is 169 g/mol. The third-order valence-electron chi connectivity index (χ3n) is 1.49. The average Bonchev–Trinajstić information content (AvgIpc) is 1.96. The number of hydrogen-bond acceptors (Lipinski definition) is 3. The molecule has 4 heteroatoms. The number of hydrogen-bond donors (Lipinski definition) is 2. The second-order valence-corrected chi connectivity index (χ2v) is 2.45. The normalized spacial score (nSPS) is 9.83. The smallest absolute Gasteiger partial charge is 0.163 e. The van der Waals surface area contributed by atoms with Crippen LogP contribution >= 0.6 is 0 Å². The van der Waals surface area contributed by atoms with Gasteiger partial charge in [0.2, 0.25) is 0 Å². The quantitative estimate of drug-likeness (QED) is 0.378. The third-order valence-corrected chi connectivity index (χ3v) is 1.49. The molecule has 3 N–H and O–H groups in total. The van der Waals surface area contributed by atoms with Gasteiger partial charge in [0.25, 0.3) is 0 Å². The van der Waals surface area contributed by atoms with Crippen LogP contribution in [0.5, 0.6) is 5.75 Å². The molecule has 0 aliphatic rings. The number of halogens is 1. The molecule has 0 aromatic heterocycles. The van der Waals surface area contributed by atoms with E-state index in [1.165, 1.54) is 6.92 Å². The highest BCUT2D eigenvalue weighted by atomic mass is 19.1. The lowest BCUT2D eigenvalue weighted by Gasteiger charge is -2.02. The van der Waals surface area contributed by atoms with Gasteiger partial charge >= 0.3 is 0 Å². The maximum absolute atomic E-state index is 12.6. The fourth-order valence-electron chi connectivity index (χ4n) is 0.861. The molecule has 1 rings (SSSR count). The van der Waals surface area contributed by atoms with E-state index in [1.54, 1.807) is 0 Å². The van der Waals surface area contributed by atoms with Crippen molar-refractivity contribution in [3.63, 3.8) is 0 Å². The Morgan fingerprint density at radius 1 is 1.58 bits per heavy atom. The van der Waals surface area contributed by atoms with Gasteiger partial charge < -0.3 is 10.8 Å². The number of carbonyl (C=O) groups is 1. The minimum Gasteiger partial charge on any atom is -0.507 e. The van der Waals surface area contributed by atoms with Crippen molar-refractivity contribution in [3.8, 4) is 5.75 Å². The molecule has 12 heavy (non-hydrogen) atoms. The Labute approximate surface area is 68.6 Å². The summed E-state index contributed by atoms with van der Waals surface area (Å²) in [6.45, 7) is 1.27. The van der Waals surface area contributed by atoms with E-state index in [1.807, 2.05) is 0 Å². The first-order valence-corrected chi connectivity index (χ1v) is 3.31. The van der Waals surface area contributed by atoms with Crippen LogP contribution in [0, 0.1) is 5.82 Å². The zero-order valence-corrected chi connectivity index (χ0v) is 6.47. The van der Waals surface area contributed by atoms with E-state index in [9.17, 15) is 9.18 Å². The van der Waals surface area contributed by atoms with Gasteiger partial charge in [-0.1, -0.05) is 0 Å². The van der Waals surface area contributed by atoms with Crippen LogP contribution in [0.1, 0.15) is 17.3 Å². The Morgan fingerprint density at radius 3 is 2.67 bits per heavy atom. The molecule has 0 saturated heterocycles. The van der Waals surface area contributed by atoms with Gasteiger partial charge in [-0.25, -0.2) is 4.39 Å². The van der Waals surface area contributed by atoms with Crippen LogP contribution in [-0.2, 0) is 0 Å². The molecule has 0 saturated carbocycles. The molecular weight excluding hydrogens is 161 g/mol. The van der Waals surface area contributed by atoms with Crippen molar-refractivity contribution in [3.05, 3.63) is 23.5 Å². The van der Waals surface area contributed by atoms with Crippen molar-refractivity contribution < 1.29 is 14.3 Å². The molecule has 0 heterocycles. The van der Waals surface area contributed by atoms with Gasteiger partial charge in [0.05, 0.1) is 11.3 Å². The van der Waals surface area contributed by atoms with E-state index < -0.39 is 5.82 Å². The van der Waals surface area contributed by atoms with Crippen LogP contribution in [0.2, 0.25) is 0 Å². The Morgan fingerprint density at radius 2 is 2.17 bits per heavy atom. The second-order valence-electron chi connectivity index (χ2n) is 2.45. The van der Waals surface area contributed by atoms with E-state index in [0.717, 1.165) is 12.1 Å². The molecule has 64 valence electrons. The van der Waals surface area contributed by atoms with Crippen LogP contribution < -0.4 is 5.73 Å². The van der Waals surface area contributed by atoms with Crippen molar-refractivity contribution in [2.75, 3.05) is 5.73 Å². The molecule has 1 aromatic carbocycles. The number of Topliss-reactive ketones (excluding diaryl/α,β-unsaturated/α-hetero) is 1. The highest BCUT2D eigenvalue weighted by molar-refractivity contribution is 5.97. The molecule has 0 unspecified atom stereocenters. The first-order chi connectivity index (χ1) is 5.52. The fraction of sp³-hybridized carbons (Fsp3) is 0.125. The number of rotatable bonds is 1. The number of nitrogens with two attached hydrogens (primary N) is 1. The van der Waals surface area contributed by atoms with Gasteiger partial charge in [-0.05, 0) is 13.0 Å². The third kappa shape index (κ3) is 1.37. The van der Waals surface area contributed by atoms with Crippen LogP contribution in [-0.4, -0.2) is 10.9 Å². The molecule has 0 aliphatic carbocycles. The molecule has 0 amide bonds. The molecular formula is C8H8FNO2. The Kier molecular flexibility index (Phi) is 1.99. The summed E-state index contributed by atoms with van der Waals surface area (Å²) in [6.07, 6.45) is 0. The largest absolute Gasteiger partial charge is 0.507 e. The van der Waals surface area contributed by atoms with E-state index in [-0.39, 0.29) is 22.8 Å². The van der Waals surface area contributed by atoms with Crippen molar-refractivity contribution in [1.29, 1.82) is 0 Å². The van der Waals surface area contributed by atoms with E-state index >= 15 is 0 Å². The fourth-order valence-corrected chi connectivity index (χ4v) is 0.861. The van der Waals surface area contributed by atoms with Gasteiger partial charge in [-0.3, -0.25) is 4.79 Å². The SMILES string of the molecule is CC(=O)c1cc(N)c(F)cc1O. The molecule has 0 spiro atoms. The highest BCUT2D eigenvalue weighted by Crippen LogP contribution is 2.23. The topological polar surface area (TPSA) is 63.3 Å². The number of benzene rings is 1. The number of anilines is 1. The summed E-state index contributed by atoms with van der Waals surface area (Å²) in [5.41, 5.74) is 5.08. The molecule has 0 radical (unpaired) electrons. The molecule has 0 aliphatic heterocycles. The first-order valence-electron chi connectivity index (χ1n) is 3.31. The summed E-state index contributed by atoms with van der Waals surface area (Å²) < 4.78 is 12.6. The van der Waals surface area contributed by atoms with Gasteiger partial charge in [-0.15, -0.1) is 0 Å². The Hall–Kier alpha value is -1.58. The molecule has 0 fully saturated rings. The summed E-state index contributed by atoms with van der Waals surface area (Å²) in [4.78, 5) is 10.8. The highest BCUT2D eigenvalue weighted by Gasteiger charge is 2.09. The Balaban J connectivity index is 3.33. The van der Waals surface area contributed by atoms with Crippen molar-refractivity contribution >= 4 is 11.5 Å². The summed E-state index contributed by atoms with van der Waals surface area (Å²) in [7, 11) is 0. The zero-order chi connectivity index (χ0) is 9.30. The van der Waals surface area contributed by atoms with Gasteiger partial charge in [0.15, 0.2) is 5.78 Å². The summed E-state index contributed by atoms with van der Waals surface area (Å²) in [6, 6.07) is 1.94. The number of phenolic OH excluding ortho intramolecular Hbond substituents is 1. The summed E-state index contributed by atoms with van der Waals surface area (Å²) >= 11 is 0. The molecule has 1 aromatic rings. The predicted octanol–water partition coefficient (Wildman–Crippen LogP) is 1.32. The number of phenols is 1. The van der Waals surface area contributed by atoms with Crippen molar-refractivity contribution in [1.82, 2.24) is 0 Å². The molecule has 0 bridgehead atoms. The lowest BCUT2D eigenvalue weighted by Crippen LogP contribution is -1.97. The number of ketones is 1. The maximum atomic E-state index is 12.6. The summed E-state index contributed by atoms with van der Waals surface area (Å²) in [5.74, 6) is -1.45.